The standard InChI is InChI=1S/C20H31N3O2/c1-3-17-8-6-7-16(2)19(17)21-20(24)23-10-5-4-9-18(23)15-22-11-13-25-14-12-22/h6-8,18H,3-5,9-15H2,1-2H3,(H,21,24)/t18-/m1/s1. The minimum atomic E-state index is 0.0574. The molecule has 25 heavy (non-hydrogen) atoms. The second-order valence-corrected chi connectivity index (χ2v) is 7.15. The third-order valence-corrected chi connectivity index (χ3v) is 5.43. The molecule has 5 nitrogen and oxygen atoms in total. The van der Waals surface area contributed by atoms with Gasteiger partial charge in [0, 0.05) is 37.9 Å². The summed E-state index contributed by atoms with van der Waals surface area (Å²) < 4.78 is 5.45. The quantitative estimate of drug-likeness (QED) is 0.911. The second kappa shape index (κ2) is 8.68. The zero-order chi connectivity index (χ0) is 17.6. The number of likely N-dealkylation sites (tertiary alicyclic amines) is 1. The number of hydrogen-bond acceptors (Lipinski definition) is 3. The number of amides is 2. The van der Waals surface area contributed by atoms with Crippen LogP contribution in [0.4, 0.5) is 10.5 Å². The van der Waals surface area contributed by atoms with E-state index in [4.69, 9.17) is 4.74 Å². The molecule has 1 aromatic carbocycles. The van der Waals surface area contributed by atoms with E-state index < -0.39 is 0 Å². The van der Waals surface area contributed by atoms with Gasteiger partial charge in [0.25, 0.3) is 0 Å². The van der Waals surface area contributed by atoms with E-state index in [0.29, 0.717) is 6.04 Å². The summed E-state index contributed by atoms with van der Waals surface area (Å²) in [5, 5.41) is 3.21. The van der Waals surface area contributed by atoms with Crippen LogP contribution in [0.2, 0.25) is 0 Å². The van der Waals surface area contributed by atoms with Crippen molar-refractivity contribution in [3.05, 3.63) is 29.3 Å². The maximum absolute atomic E-state index is 13.0. The number of aryl methyl sites for hydroxylation is 2. The molecule has 3 rings (SSSR count). The zero-order valence-electron chi connectivity index (χ0n) is 15.6. The van der Waals surface area contributed by atoms with Gasteiger partial charge in [-0.25, -0.2) is 4.79 Å². The average Bonchev–Trinajstić information content (AvgIpc) is 2.64. The highest BCUT2D eigenvalue weighted by molar-refractivity contribution is 5.91. The van der Waals surface area contributed by atoms with Crippen LogP contribution in [-0.4, -0.2) is 61.3 Å². The summed E-state index contributed by atoms with van der Waals surface area (Å²) in [5.74, 6) is 0. The van der Waals surface area contributed by atoms with Crippen LogP contribution in [0, 0.1) is 6.92 Å². The molecule has 5 heteroatoms. The predicted octanol–water partition coefficient (Wildman–Crippen LogP) is 3.28. The van der Waals surface area contributed by atoms with E-state index in [-0.39, 0.29) is 6.03 Å². The number of hydrogen-bond donors (Lipinski definition) is 1. The van der Waals surface area contributed by atoms with Gasteiger partial charge in [0.2, 0.25) is 0 Å². The van der Waals surface area contributed by atoms with Gasteiger partial charge in [-0.05, 0) is 43.7 Å². The van der Waals surface area contributed by atoms with Crippen LogP contribution in [0.3, 0.4) is 0 Å². The predicted molar refractivity (Wildman–Crippen MR) is 101 cm³/mol. The van der Waals surface area contributed by atoms with Gasteiger partial charge in [-0.15, -0.1) is 0 Å². The zero-order valence-corrected chi connectivity index (χ0v) is 15.6. The number of nitrogens with zero attached hydrogens (tertiary/aromatic N) is 2. The smallest absolute Gasteiger partial charge is 0.322 e. The summed E-state index contributed by atoms with van der Waals surface area (Å²) in [5.41, 5.74) is 3.33. The van der Waals surface area contributed by atoms with Gasteiger partial charge in [0.1, 0.15) is 0 Å². The first-order valence-electron chi connectivity index (χ1n) is 9.65. The van der Waals surface area contributed by atoms with Gasteiger partial charge in [-0.2, -0.15) is 0 Å². The number of nitrogens with one attached hydrogen (secondary N) is 1. The van der Waals surface area contributed by atoms with E-state index in [1.807, 2.05) is 0 Å². The van der Waals surface area contributed by atoms with Crippen molar-refractivity contribution in [2.75, 3.05) is 44.7 Å². The van der Waals surface area contributed by atoms with Crippen molar-refractivity contribution >= 4 is 11.7 Å². The molecule has 0 spiro atoms. The van der Waals surface area contributed by atoms with Crippen LogP contribution in [-0.2, 0) is 11.2 Å². The molecule has 0 radical (unpaired) electrons. The molecule has 2 aliphatic rings. The van der Waals surface area contributed by atoms with Crippen molar-refractivity contribution in [2.45, 2.75) is 45.6 Å². The summed E-state index contributed by atoms with van der Waals surface area (Å²) in [4.78, 5) is 17.5. The van der Waals surface area contributed by atoms with Gasteiger partial charge in [0.05, 0.1) is 13.2 Å². The van der Waals surface area contributed by atoms with Crippen LogP contribution >= 0.6 is 0 Å². The Kier molecular flexibility index (Phi) is 6.32. The van der Waals surface area contributed by atoms with Crippen LogP contribution in [0.25, 0.3) is 0 Å². The first-order valence-corrected chi connectivity index (χ1v) is 9.65. The van der Waals surface area contributed by atoms with Crippen LogP contribution < -0.4 is 5.32 Å². The Morgan fingerprint density at radius 3 is 2.80 bits per heavy atom. The summed E-state index contributed by atoms with van der Waals surface area (Å²) >= 11 is 0. The minimum absolute atomic E-state index is 0.0574. The highest BCUT2D eigenvalue weighted by atomic mass is 16.5. The number of carbonyl (C=O) groups excluding carboxylic acids is 1. The number of benzene rings is 1. The summed E-state index contributed by atoms with van der Waals surface area (Å²) in [6.45, 7) is 9.58. The molecule has 1 aromatic rings. The summed E-state index contributed by atoms with van der Waals surface area (Å²) in [7, 11) is 0. The molecule has 0 aliphatic carbocycles. The lowest BCUT2D eigenvalue weighted by Gasteiger charge is -2.39. The van der Waals surface area contributed by atoms with Gasteiger partial charge < -0.3 is 15.0 Å². The van der Waals surface area contributed by atoms with Gasteiger partial charge in [0.15, 0.2) is 0 Å². The number of piperidine rings is 1. The van der Waals surface area contributed by atoms with E-state index >= 15 is 0 Å². The second-order valence-electron chi connectivity index (χ2n) is 7.15. The number of urea groups is 1. The van der Waals surface area contributed by atoms with Crippen molar-refractivity contribution < 1.29 is 9.53 Å². The number of morpholine rings is 1. The molecule has 0 saturated carbocycles. The maximum atomic E-state index is 13.0. The van der Waals surface area contributed by atoms with E-state index in [1.54, 1.807) is 0 Å². The number of carbonyl (C=O) groups is 1. The Bertz CT molecular complexity index is 584. The number of rotatable bonds is 4. The number of para-hydroxylation sites is 1. The first-order chi connectivity index (χ1) is 12.2. The van der Waals surface area contributed by atoms with Crippen LogP contribution in [0.1, 0.15) is 37.3 Å². The van der Waals surface area contributed by atoms with Crippen LogP contribution in [0.5, 0.6) is 0 Å². The molecule has 2 amide bonds. The molecule has 138 valence electrons. The fourth-order valence-corrected chi connectivity index (χ4v) is 3.92. The third kappa shape index (κ3) is 4.53. The Morgan fingerprint density at radius 1 is 1.24 bits per heavy atom. The van der Waals surface area contributed by atoms with Crippen molar-refractivity contribution in [3.63, 3.8) is 0 Å². The van der Waals surface area contributed by atoms with Gasteiger partial charge in [-0.3, -0.25) is 4.90 Å². The van der Waals surface area contributed by atoms with E-state index in [1.165, 1.54) is 12.0 Å². The van der Waals surface area contributed by atoms with Crippen molar-refractivity contribution in [1.82, 2.24) is 9.80 Å². The Morgan fingerprint density at radius 2 is 2.04 bits per heavy atom. The molecule has 2 aliphatic heterocycles. The highest BCUT2D eigenvalue weighted by Crippen LogP contribution is 2.24. The Balaban J connectivity index is 1.68. The molecule has 1 atom stereocenters. The fourth-order valence-electron chi connectivity index (χ4n) is 3.92. The van der Waals surface area contributed by atoms with Crippen molar-refractivity contribution in [2.24, 2.45) is 0 Å². The lowest BCUT2D eigenvalue weighted by Crippen LogP contribution is -2.52. The minimum Gasteiger partial charge on any atom is -0.379 e. The SMILES string of the molecule is CCc1cccc(C)c1NC(=O)N1CCCC[C@@H]1CN1CCOCC1. The molecule has 0 bridgehead atoms. The van der Waals surface area contributed by atoms with E-state index in [0.717, 1.165) is 69.9 Å². The van der Waals surface area contributed by atoms with Gasteiger partial charge in [-0.1, -0.05) is 25.1 Å². The molecule has 1 N–H and O–H groups in total. The molecule has 0 unspecified atom stereocenters. The largest absolute Gasteiger partial charge is 0.379 e. The van der Waals surface area contributed by atoms with Crippen molar-refractivity contribution in [3.8, 4) is 0 Å². The van der Waals surface area contributed by atoms with E-state index in [2.05, 4.69) is 47.2 Å². The lowest BCUT2D eigenvalue weighted by molar-refractivity contribution is 0.0229. The molecule has 2 heterocycles. The molecule has 2 saturated heterocycles. The maximum Gasteiger partial charge on any atom is 0.322 e. The molecule has 2 fully saturated rings. The summed E-state index contributed by atoms with van der Waals surface area (Å²) in [6.07, 6.45) is 4.33. The number of ether oxygens (including phenoxy) is 1. The van der Waals surface area contributed by atoms with Gasteiger partial charge >= 0.3 is 6.03 Å². The topological polar surface area (TPSA) is 44.8 Å². The fraction of sp³-hybridized carbons (Fsp3) is 0.650. The lowest BCUT2D eigenvalue weighted by atomic mass is 10.0. The monoisotopic (exact) mass is 345 g/mol. The first kappa shape index (κ1) is 18.2. The number of anilines is 1. The summed E-state index contributed by atoms with van der Waals surface area (Å²) in [6, 6.07) is 6.59. The van der Waals surface area contributed by atoms with Crippen molar-refractivity contribution in [1.29, 1.82) is 0 Å². The Hall–Kier alpha value is -1.59. The molecular weight excluding hydrogens is 314 g/mol. The Labute approximate surface area is 151 Å². The molecule has 0 aromatic heterocycles. The van der Waals surface area contributed by atoms with E-state index in [9.17, 15) is 4.79 Å². The average molecular weight is 345 g/mol. The normalized spacial score (nSPS) is 22.0. The highest BCUT2D eigenvalue weighted by Gasteiger charge is 2.29. The third-order valence-electron chi connectivity index (χ3n) is 5.43. The molecular formula is C20H31N3O2. The van der Waals surface area contributed by atoms with Crippen LogP contribution in [0.15, 0.2) is 18.2 Å².